The zero-order chi connectivity index (χ0) is 20.3. The molecule has 0 amide bonds. The molecule has 1 unspecified atom stereocenters. The number of carbonyl (C=O) groups excluding carboxylic acids is 2. The number of ether oxygens (including phenoxy) is 2. The van der Waals surface area contributed by atoms with E-state index in [1.807, 2.05) is 0 Å². The van der Waals surface area contributed by atoms with Crippen molar-refractivity contribution in [1.29, 1.82) is 0 Å². The van der Waals surface area contributed by atoms with Crippen LogP contribution in [-0.2, 0) is 24.4 Å². The molecule has 146 valence electrons. The van der Waals surface area contributed by atoms with Crippen molar-refractivity contribution < 1.29 is 45.2 Å². The van der Waals surface area contributed by atoms with Gasteiger partial charge in [0.15, 0.2) is 5.75 Å². The molecule has 0 saturated heterocycles. The van der Waals surface area contributed by atoms with Crippen LogP contribution in [0, 0.1) is 0 Å². The number of benzene rings is 1. The molecule has 0 aromatic heterocycles. The Morgan fingerprint density at radius 2 is 1.62 bits per heavy atom. The normalized spacial score (nSPS) is 13.2. The number of esters is 2. The predicted molar refractivity (Wildman–Crippen MR) is 92.1 cm³/mol. The molecule has 1 rings (SSSR count). The molecule has 1 aromatic carbocycles. The van der Waals surface area contributed by atoms with Crippen molar-refractivity contribution in [3.05, 3.63) is 25.6 Å². The zero-order valence-corrected chi connectivity index (χ0v) is 17.8. The van der Waals surface area contributed by atoms with Crippen LogP contribution in [0.4, 0.5) is 13.2 Å². The molecular formula is C12H8Br3F3O7S. The van der Waals surface area contributed by atoms with E-state index in [-0.39, 0.29) is 5.75 Å². The number of hydrogen-bond donors (Lipinski definition) is 1. The van der Waals surface area contributed by atoms with Crippen molar-refractivity contribution in [2.75, 3.05) is 5.75 Å². The second kappa shape index (κ2) is 8.99. The molecule has 7 nitrogen and oxygen atoms in total. The molecule has 0 saturated carbocycles. The molecule has 0 heterocycles. The lowest BCUT2D eigenvalue weighted by Crippen LogP contribution is -2.40. The van der Waals surface area contributed by atoms with Gasteiger partial charge in [0.25, 0.3) is 10.1 Å². The van der Waals surface area contributed by atoms with E-state index in [1.165, 1.54) is 12.1 Å². The molecule has 0 radical (unpaired) electrons. The van der Waals surface area contributed by atoms with Crippen molar-refractivity contribution in [3.63, 3.8) is 0 Å². The van der Waals surface area contributed by atoms with Crippen LogP contribution in [0.3, 0.4) is 0 Å². The van der Waals surface area contributed by atoms with Crippen LogP contribution in [0.5, 0.6) is 5.75 Å². The first-order valence-corrected chi connectivity index (χ1v) is 10.2. The average Bonchev–Trinajstić information content (AvgIpc) is 2.39. The van der Waals surface area contributed by atoms with Gasteiger partial charge in [-0.2, -0.15) is 21.6 Å². The van der Waals surface area contributed by atoms with Crippen molar-refractivity contribution >= 4 is 69.8 Å². The summed E-state index contributed by atoms with van der Waals surface area (Å²) in [5.74, 6) is -4.84. The molecular weight excluding hydrogens is 585 g/mol. The average molecular weight is 593 g/mol. The highest BCUT2D eigenvalue weighted by atomic mass is 79.9. The molecule has 1 aromatic rings. The van der Waals surface area contributed by atoms with Crippen molar-refractivity contribution in [2.24, 2.45) is 0 Å². The Kier molecular flexibility index (Phi) is 8.07. The van der Waals surface area contributed by atoms with Crippen molar-refractivity contribution in [2.45, 2.75) is 18.7 Å². The second-order valence-corrected chi connectivity index (χ2v) is 8.74. The van der Waals surface area contributed by atoms with Crippen LogP contribution in [-0.4, -0.2) is 42.9 Å². The van der Waals surface area contributed by atoms with Gasteiger partial charge >= 0.3 is 18.1 Å². The Hall–Kier alpha value is -0.700. The first-order valence-electron chi connectivity index (χ1n) is 6.25. The Labute approximate surface area is 170 Å². The maximum absolute atomic E-state index is 12.7. The van der Waals surface area contributed by atoms with Gasteiger partial charge in [0.2, 0.25) is 6.10 Å². The molecule has 0 aliphatic carbocycles. The lowest BCUT2D eigenvalue weighted by molar-refractivity contribution is -0.215. The van der Waals surface area contributed by atoms with Gasteiger partial charge in [-0.05, 0) is 44.0 Å². The third-order valence-corrected chi connectivity index (χ3v) is 4.83. The fraction of sp³-hybridized carbons (Fsp3) is 0.333. The molecule has 0 aliphatic heterocycles. The Morgan fingerprint density at radius 3 is 2.04 bits per heavy atom. The van der Waals surface area contributed by atoms with E-state index in [2.05, 4.69) is 52.5 Å². The molecule has 1 atom stereocenters. The SMILES string of the molecule is O=C(CC(=O)OC(CS(=O)(=O)O)C(F)(F)F)Oc1c(Br)cc(Br)cc1Br. The molecule has 0 bridgehead atoms. The topological polar surface area (TPSA) is 107 Å². The van der Waals surface area contributed by atoms with Gasteiger partial charge < -0.3 is 9.47 Å². The van der Waals surface area contributed by atoms with Gasteiger partial charge in [0.1, 0.15) is 12.2 Å². The summed E-state index contributed by atoms with van der Waals surface area (Å²) in [6.45, 7) is 0. The first kappa shape index (κ1) is 23.3. The maximum Gasteiger partial charge on any atom is 0.426 e. The predicted octanol–water partition coefficient (Wildman–Crippen LogP) is 3.63. The van der Waals surface area contributed by atoms with Crippen LogP contribution >= 0.6 is 47.8 Å². The smallest absolute Gasteiger partial charge is 0.426 e. The largest absolute Gasteiger partial charge is 0.451 e. The standard InChI is InChI=1S/C12H8Br3F3O7S/c13-5-1-6(14)11(7(15)2-5)25-10(20)3-9(19)24-8(12(16,17)18)4-26(21,22)23/h1-2,8H,3-4H2,(H,21,22,23). The minimum absolute atomic E-state index is 0.0312. The lowest BCUT2D eigenvalue weighted by atomic mass is 10.3. The number of hydrogen-bond acceptors (Lipinski definition) is 6. The fourth-order valence-electron chi connectivity index (χ4n) is 1.48. The van der Waals surface area contributed by atoms with E-state index in [1.54, 1.807) is 0 Å². The van der Waals surface area contributed by atoms with E-state index in [0.29, 0.717) is 13.4 Å². The molecule has 26 heavy (non-hydrogen) atoms. The second-order valence-electron chi connectivity index (χ2n) is 4.62. The monoisotopic (exact) mass is 590 g/mol. The summed E-state index contributed by atoms with van der Waals surface area (Å²) in [4.78, 5) is 23.2. The molecule has 0 aliphatic rings. The van der Waals surface area contributed by atoms with Gasteiger partial charge in [-0.1, -0.05) is 15.9 Å². The highest BCUT2D eigenvalue weighted by molar-refractivity contribution is 9.11. The van der Waals surface area contributed by atoms with Crippen molar-refractivity contribution in [3.8, 4) is 5.75 Å². The molecule has 0 fully saturated rings. The quantitative estimate of drug-likeness (QED) is 0.233. The van der Waals surface area contributed by atoms with Crippen LogP contribution in [0.25, 0.3) is 0 Å². The summed E-state index contributed by atoms with van der Waals surface area (Å²) >= 11 is 9.36. The van der Waals surface area contributed by atoms with Gasteiger partial charge in [0.05, 0.1) is 8.95 Å². The Bertz CT molecular complexity index is 788. The minimum Gasteiger partial charge on any atom is -0.451 e. The number of alkyl halides is 3. The number of halogens is 6. The van der Waals surface area contributed by atoms with Crippen molar-refractivity contribution in [1.82, 2.24) is 0 Å². The Balaban J connectivity index is 2.79. The van der Waals surface area contributed by atoms with Gasteiger partial charge in [-0.3, -0.25) is 14.1 Å². The van der Waals surface area contributed by atoms with Gasteiger partial charge in [-0.25, -0.2) is 0 Å². The lowest BCUT2D eigenvalue weighted by Gasteiger charge is -2.19. The van der Waals surface area contributed by atoms with Crippen LogP contribution < -0.4 is 4.74 Å². The summed E-state index contributed by atoms with van der Waals surface area (Å²) in [6, 6.07) is 3.02. The summed E-state index contributed by atoms with van der Waals surface area (Å²) < 4.78 is 77.7. The highest BCUT2D eigenvalue weighted by Gasteiger charge is 2.45. The van der Waals surface area contributed by atoms with Crippen LogP contribution in [0.1, 0.15) is 6.42 Å². The molecule has 14 heteroatoms. The minimum atomic E-state index is -5.26. The van der Waals surface area contributed by atoms with E-state index in [0.717, 1.165) is 0 Å². The van der Waals surface area contributed by atoms with E-state index >= 15 is 0 Å². The Morgan fingerprint density at radius 1 is 1.12 bits per heavy atom. The van der Waals surface area contributed by atoms with Gasteiger partial charge in [0, 0.05) is 4.47 Å². The fourth-order valence-corrected chi connectivity index (χ4v) is 4.54. The maximum atomic E-state index is 12.7. The third kappa shape index (κ3) is 7.90. The van der Waals surface area contributed by atoms with Crippen LogP contribution in [0.2, 0.25) is 0 Å². The number of carbonyl (C=O) groups is 2. The van der Waals surface area contributed by atoms with E-state index in [9.17, 15) is 31.2 Å². The highest BCUT2D eigenvalue weighted by Crippen LogP contribution is 2.36. The summed E-state index contributed by atoms with van der Waals surface area (Å²) in [7, 11) is -5.07. The summed E-state index contributed by atoms with van der Waals surface area (Å²) in [5, 5.41) is 0. The summed E-state index contributed by atoms with van der Waals surface area (Å²) in [5.41, 5.74) is 0. The summed E-state index contributed by atoms with van der Waals surface area (Å²) in [6.07, 6.45) is -9.59. The van der Waals surface area contributed by atoms with E-state index in [4.69, 9.17) is 9.29 Å². The molecule has 1 N–H and O–H groups in total. The first-order chi connectivity index (χ1) is 11.7. The van der Waals surface area contributed by atoms with E-state index < -0.39 is 46.5 Å². The number of rotatable bonds is 6. The third-order valence-electron chi connectivity index (χ3n) is 2.47. The van der Waals surface area contributed by atoms with Gasteiger partial charge in [-0.15, -0.1) is 0 Å². The zero-order valence-electron chi connectivity index (χ0n) is 12.2. The molecule has 0 spiro atoms. The van der Waals surface area contributed by atoms with Crippen LogP contribution in [0.15, 0.2) is 25.6 Å².